The Morgan fingerprint density at radius 3 is 2.94 bits per heavy atom. The van der Waals surface area contributed by atoms with Crippen LogP contribution in [0.5, 0.6) is 0 Å². The molecule has 0 aromatic carbocycles. The number of hydrogen-bond acceptors (Lipinski definition) is 3. The van der Waals surface area contributed by atoms with Crippen LogP contribution < -0.4 is 0 Å². The quantitative estimate of drug-likeness (QED) is 0.671. The minimum absolute atomic E-state index is 0.0561. The van der Waals surface area contributed by atoms with Gasteiger partial charge in [-0.15, -0.1) is 0 Å². The number of carbonyl (C=O) groups excluding carboxylic acids is 2. The van der Waals surface area contributed by atoms with Crippen molar-refractivity contribution in [1.29, 1.82) is 0 Å². The van der Waals surface area contributed by atoms with Gasteiger partial charge in [0.1, 0.15) is 0 Å². The summed E-state index contributed by atoms with van der Waals surface area (Å²) in [7, 11) is 0. The number of ketones is 1. The van der Waals surface area contributed by atoms with Crippen molar-refractivity contribution >= 4 is 11.8 Å². The molecule has 0 aromatic rings. The van der Waals surface area contributed by atoms with E-state index in [-0.39, 0.29) is 17.7 Å². The Morgan fingerprint density at radius 1 is 1.50 bits per heavy atom. The molecule has 1 rings (SSSR count). The zero-order valence-corrected chi connectivity index (χ0v) is 9.86. The summed E-state index contributed by atoms with van der Waals surface area (Å²) in [5, 5.41) is 0. The van der Waals surface area contributed by atoms with Gasteiger partial charge in [-0.1, -0.05) is 18.2 Å². The molecule has 0 saturated carbocycles. The molecule has 1 aliphatic rings. The van der Waals surface area contributed by atoms with Gasteiger partial charge < -0.3 is 4.74 Å². The third kappa shape index (κ3) is 3.65. The third-order valence-electron chi connectivity index (χ3n) is 2.62. The van der Waals surface area contributed by atoms with Crippen LogP contribution in [0.1, 0.15) is 33.1 Å². The second kappa shape index (κ2) is 6.26. The van der Waals surface area contributed by atoms with Crippen LogP contribution >= 0.6 is 0 Å². The number of allylic oxidation sites excluding steroid dienone is 4. The van der Waals surface area contributed by atoms with E-state index in [0.717, 1.165) is 12.0 Å². The molecule has 0 aromatic heterocycles. The Hall–Kier alpha value is -1.38. The summed E-state index contributed by atoms with van der Waals surface area (Å²) in [4.78, 5) is 22.8. The predicted molar refractivity (Wildman–Crippen MR) is 61.9 cm³/mol. The molecule has 1 aliphatic carbocycles. The molecule has 0 bridgehead atoms. The molecule has 0 N–H and O–H groups in total. The summed E-state index contributed by atoms with van der Waals surface area (Å²) >= 11 is 0. The molecule has 16 heavy (non-hydrogen) atoms. The van der Waals surface area contributed by atoms with Gasteiger partial charge in [-0.05, 0) is 32.3 Å². The fourth-order valence-electron chi connectivity index (χ4n) is 1.72. The molecular formula is C13H18O3. The van der Waals surface area contributed by atoms with E-state index >= 15 is 0 Å². The predicted octanol–water partition coefficient (Wildman–Crippen LogP) is 2.42. The van der Waals surface area contributed by atoms with Crippen LogP contribution in [0, 0.1) is 5.92 Å². The molecule has 3 heteroatoms. The van der Waals surface area contributed by atoms with E-state index in [1.807, 2.05) is 25.2 Å². The van der Waals surface area contributed by atoms with Gasteiger partial charge in [-0.2, -0.15) is 0 Å². The third-order valence-corrected chi connectivity index (χ3v) is 2.62. The van der Waals surface area contributed by atoms with Gasteiger partial charge in [0.15, 0.2) is 5.78 Å². The van der Waals surface area contributed by atoms with Crippen LogP contribution in [0.15, 0.2) is 23.8 Å². The molecule has 1 atom stereocenters. The highest BCUT2D eigenvalue weighted by molar-refractivity contribution is 5.99. The number of esters is 1. The highest BCUT2D eigenvalue weighted by Gasteiger charge is 2.19. The fraction of sp³-hybridized carbons (Fsp3) is 0.538. The molecule has 88 valence electrons. The van der Waals surface area contributed by atoms with Gasteiger partial charge in [0, 0.05) is 12.3 Å². The first-order valence-electron chi connectivity index (χ1n) is 5.70. The van der Waals surface area contributed by atoms with Crippen LogP contribution in [-0.4, -0.2) is 18.4 Å². The Labute approximate surface area is 96.2 Å². The van der Waals surface area contributed by atoms with E-state index in [1.54, 1.807) is 6.92 Å². The van der Waals surface area contributed by atoms with Gasteiger partial charge >= 0.3 is 5.97 Å². The molecular weight excluding hydrogens is 204 g/mol. The van der Waals surface area contributed by atoms with E-state index in [0.29, 0.717) is 19.4 Å². The first-order valence-corrected chi connectivity index (χ1v) is 5.70. The molecule has 3 nitrogen and oxygen atoms in total. The van der Waals surface area contributed by atoms with Gasteiger partial charge in [0.2, 0.25) is 0 Å². The number of rotatable bonds is 5. The Bertz CT molecular complexity index is 326. The summed E-state index contributed by atoms with van der Waals surface area (Å²) < 4.78 is 4.83. The molecule has 0 amide bonds. The largest absolute Gasteiger partial charge is 0.466 e. The van der Waals surface area contributed by atoms with Gasteiger partial charge in [-0.25, -0.2) is 0 Å². The van der Waals surface area contributed by atoms with Crippen LogP contribution in [0.3, 0.4) is 0 Å². The second-order valence-corrected chi connectivity index (χ2v) is 3.90. The van der Waals surface area contributed by atoms with Gasteiger partial charge in [-0.3, -0.25) is 9.59 Å². The topological polar surface area (TPSA) is 43.4 Å². The molecule has 0 saturated heterocycles. The zero-order chi connectivity index (χ0) is 12.0. The van der Waals surface area contributed by atoms with E-state index in [9.17, 15) is 9.59 Å². The fourth-order valence-corrected chi connectivity index (χ4v) is 1.72. The molecule has 0 radical (unpaired) electrons. The zero-order valence-electron chi connectivity index (χ0n) is 9.86. The smallest absolute Gasteiger partial charge is 0.305 e. The van der Waals surface area contributed by atoms with Crippen LogP contribution in [0.4, 0.5) is 0 Å². The minimum atomic E-state index is -0.179. The monoisotopic (exact) mass is 222 g/mol. The molecule has 0 aliphatic heterocycles. The summed E-state index contributed by atoms with van der Waals surface area (Å²) in [6.07, 6.45) is 7.46. The summed E-state index contributed by atoms with van der Waals surface area (Å²) in [6, 6.07) is 0. The SMILES string of the molecule is CCOC(=O)CCCC1C=CC=C(C)C1=O. The number of carbonyl (C=O) groups is 2. The Balaban J connectivity index is 2.29. The van der Waals surface area contributed by atoms with Crippen LogP contribution in [0.25, 0.3) is 0 Å². The second-order valence-electron chi connectivity index (χ2n) is 3.90. The van der Waals surface area contributed by atoms with Crippen molar-refractivity contribution in [3.05, 3.63) is 23.8 Å². The lowest BCUT2D eigenvalue weighted by molar-refractivity contribution is -0.143. The van der Waals surface area contributed by atoms with Crippen molar-refractivity contribution in [2.75, 3.05) is 6.61 Å². The lowest BCUT2D eigenvalue weighted by Crippen LogP contribution is -2.16. The maximum atomic E-state index is 11.7. The molecule has 1 unspecified atom stereocenters. The maximum absolute atomic E-state index is 11.7. The summed E-state index contributed by atoms with van der Waals surface area (Å²) in [6.45, 7) is 4.03. The number of ether oxygens (including phenoxy) is 1. The van der Waals surface area contributed by atoms with Crippen LogP contribution in [0.2, 0.25) is 0 Å². The standard InChI is InChI=1S/C13H18O3/c1-3-16-12(14)9-5-8-11-7-4-6-10(2)13(11)15/h4,6-7,11H,3,5,8-9H2,1-2H3. The number of hydrogen-bond donors (Lipinski definition) is 0. The van der Waals surface area contributed by atoms with Gasteiger partial charge in [0.25, 0.3) is 0 Å². The first kappa shape index (κ1) is 12.7. The lowest BCUT2D eigenvalue weighted by Gasteiger charge is -2.14. The average molecular weight is 222 g/mol. The summed E-state index contributed by atoms with van der Waals surface area (Å²) in [5.41, 5.74) is 0.795. The van der Waals surface area contributed by atoms with Crippen molar-refractivity contribution in [3.63, 3.8) is 0 Å². The van der Waals surface area contributed by atoms with Crippen molar-refractivity contribution < 1.29 is 14.3 Å². The average Bonchev–Trinajstić information content (AvgIpc) is 2.25. The Kier molecular flexibility index (Phi) is 4.96. The normalized spacial score (nSPS) is 19.5. The first-order chi connectivity index (χ1) is 7.65. The highest BCUT2D eigenvalue weighted by Crippen LogP contribution is 2.19. The van der Waals surface area contributed by atoms with E-state index in [4.69, 9.17) is 4.74 Å². The van der Waals surface area contributed by atoms with Gasteiger partial charge in [0.05, 0.1) is 6.61 Å². The lowest BCUT2D eigenvalue weighted by atomic mass is 9.89. The Morgan fingerprint density at radius 2 is 2.25 bits per heavy atom. The number of Topliss-reactive ketones (excluding diaryl/α,β-unsaturated/α-hetero) is 1. The van der Waals surface area contributed by atoms with Crippen molar-refractivity contribution in [1.82, 2.24) is 0 Å². The van der Waals surface area contributed by atoms with E-state index in [1.165, 1.54) is 0 Å². The maximum Gasteiger partial charge on any atom is 0.305 e. The van der Waals surface area contributed by atoms with Crippen LogP contribution in [-0.2, 0) is 14.3 Å². The van der Waals surface area contributed by atoms with Crippen molar-refractivity contribution in [2.24, 2.45) is 5.92 Å². The van der Waals surface area contributed by atoms with E-state index < -0.39 is 0 Å². The van der Waals surface area contributed by atoms with Crippen molar-refractivity contribution in [2.45, 2.75) is 33.1 Å². The van der Waals surface area contributed by atoms with Crippen molar-refractivity contribution in [3.8, 4) is 0 Å². The molecule has 0 fully saturated rings. The summed E-state index contributed by atoms with van der Waals surface area (Å²) in [5.74, 6) is -0.0622. The highest BCUT2D eigenvalue weighted by atomic mass is 16.5. The molecule has 0 spiro atoms. The van der Waals surface area contributed by atoms with E-state index in [2.05, 4.69) is 0 Å². The molecule has 0 heterocycles. The minimum Gasteiger partial charge on any atom is -0.466 e.